The molecule has 0 radical (unpaired) electrons. The normalized spacial score (nSPS) is 23.5. The van der Waals surface area contributed by atoms with Gasteiger partial charge in [0, 0.05) is 0 Å². The van der Waals surface area contributed by atoms with E-state index in [1.807, 2.05) is 72.8 Å². The van der Waals surface area contributed by atoms with Crippen molar-refractivity contribution in [1.82, 2.24) is 0 Å². The predicted molar refractivity (Wildman–Crippen MR) is 103 cm³/mol. The third-order valence-electron chi connectivity index (χ3n) is 5.45. The van der Waals surface area contributed by atoms with Crippen molar-refractivity contribution >= 4 is 0 Å². The highest BCUT2D eigenvalue weighted by atomic mass is 16.7. The van der Waals surface area contributed by atoms with Gasteiger partial charge in [-0.05, 0) is 22.8 Å². The molecule has 0 unspecified atom stereocenters. The molecule has 0 saturated carbocycles. The Balaban J connectivity index is 1.55. The lowest BCUT2D eigenvalue weighted by Gasteiger charge is -2.51. The standard InChI is InChI=1S/C24H20O3/c25-22(17-10-4-1-5-11-17)21-16-20-23(26-21)27-24(20,18-12-6-2-7-13-18)19-14-8-3-9-15-19/h1-16,20,22-23,25H/t20-,22+,23-/m1/s1. The van der Waals surface area contributed by atoms with Gasteiger partial charge in [-0.1, -0.05) is 91.0 Å². The van der Waals surface area contributed by atoms with E-state index in [4.69, 9.17) is 9.47 Å². The van der Waals surface area contributed by atoms with Crippen LogP contribution >= 0.6 is 0 Å². The quantitative estimate of drug-likeness (QED) is 0.745. The van der Waals surface area contributed by atoms with Gasteiger partial charge in [0.1, 0.15) is 17.5 Å². The average molecular weight is 356 g/mol. The summed E-state index contributed by atoms with van der Waals surface area (Å²) in [6.07, 6.45) is 0.870. The van der Waals surface area contributed by atoms with E-state index in [0.717, 1.165) is 16.7 Å². The summed E-state index contributed by atoms with van der Waals surface area (Å²) in [7, 11) is 0. The highest BCUT2D eigenvalue weighted by Crippen LogP contribution is 2.57. The molecule has 134 valence electrons. The van der Waals surface area contributed by atoms with E-state index < -0.39 is 11.7 Å². The van der Waals surface area contributed by atoms with E-state index in [2.05, 4.69) is 24.3 Å². The number of hydrogen-bond acceptors (Lipinski definition) is 3. The Kier molecular flexibility index (Phi) is 3.85. The van der Waals surface area contributed by atoms with E-state index in [1.165, 1.54) is 0 Å². The van der Waals surface area contributed by atoms with Gasteiger partial charge in [0.25, 0.3) is 0 Å². The fraction of sp³-hybridized carbons (Fsp3) is 0.167. The van der Waals surface area contributed by atoms with E-state index in [-0.39, 0.29) is 12.2 Å². The molecule has 1 saturated heterocycles. The molecule has 0 bridgehead atoms. The molecule has 27 heavy (non-hydrogen) atoms. The second-order valence-corrected chi connectivity index (χ2v) is 6.98. The Bertz CT molecular complexity index is 911. The van der Waals surface area contributed by atoms with Crippen LogP contribution in [0.25, 0.3) is 0 Å². The maximum atomic E-state index is 10.7. The first kappa shape index (κ1) is 16.3. The molecule has 0 spiro atoms. The molecule has 0 aromatic heterocycles. The molecule has 2 aliphatic heterocycles. The lowest BCUT2D eigenvalue weighted by molar-refractivity contribution is -0.307. The number of fused-ring (bicyclic) bond motifs is 1. The fourth-order valence-electron chi connectivity index (χ4n) is 4.11. The van der Waals surface area contributed by atoms with Gasteiger partial charge in [-0.2, -0.15) is 0 Å². The summed E-state index contributed by atoms with van der Waals surface area (Å²) < 4.78 is 12.3. The summed E-state index contributed by atoms with van der Waals surface area (Å²) in [5.41, 5.74) is 2.40. The Morgan fingerprint density at radius 2 is 1.26 bits per heavy atom. The predicted octanol–water partition coefficient (Wildman–Crippen LogP) is 4.55. The van der Waals surface area contributed by atoms with Gasteiger partial charge in [0.15, 0.2) is 0 Å². The largest absolute Gasteiger partial charge is 0.466 e. The maximum absolute atomic E-state index is 10.7. The zero-order valence-electron chi connectivity index (χ0n) is 14.7. The number of ether oxygens (including phenoxy) is 2. The van der Waals surface area contributed by atoms with Crippen molar-refractivity contribution in [1.29, 1.82) is 0 Å². The molecular formula is C24H20O3. The van der Waals surface area contributed by atoms with Gasteiger partial charge in [-0.15, -0.1) is 0 Å². The van der Waals surface area contributed by atoms with Crippen molar-refractivity contribution in [2.45, 2.75) is 18.0 Å². The van der Waals surface area contributed by atoms with E-state index in [9.17, 15) is 5.11 Å². The maximum Gasteiger partial charge on any atom is 0.210 e. The molecule has 3 aromatic carbocycles. The average Bonchev–Trinajstić information content (AvgIpc) is 3.08. The van der Waals surface area contributed by atoms with Crippen molar-refractivity contribution in [3.8, 4) is 0 Å². The summed E-state index contributed by atoms with van der Waals surface area (Å²) in [6.45, 7) is 0. The Hall–Kier alpha value is -2.88. The van der Waals surface area contributed by atoms with Crippen molar-refractivity contribution < 1.29 is 14.6 Å². The van der Waals surface area contributed by atoms with Gasteiger partial charge in [-0.3, -0.25) is 0 Å². The van der Waals surface area contributed by atoms with Gasteiger partial charge in [-0.25, -0.2) is 0 Å². The van der Waals surface area contributed by atoms with Crippen LogP contribution in [0.1, 0.15) is 22.8 Å². The van der Waals surface area contributed by atoms with Gasteiger partial charge >= 0.3 is 0 Å². The first-order valence-corrected chi connectivity index (χ1v) is 9.19. The van der Waals surface area contributed by atoms with E-state index in [0.29, 0.717) is 5.76 Å². The molecule has 3 heteroatoms. The van der Waals surface area contributed by atoms with Crippen LogP contribution in [0.5, 0.6) is 0 Å². The van der Waals surface area contributed by atoms with Crippen LogP contribution in [0.4, 0.5) is 0 Å². The van der Waals surface area contributed by atoms with Crippen LogP contribution in [0.2, 0.25) is 0 Å². The third-order valence-corrected chi connectivity index (χ3v) is 5.45. The van der Waals surface area contributed by atoms with Crippen molar-refractivity contribution in [2.24, 2.45) is 5.92 Å². The smallest absolute Gasteiger partial charge is 0.210 e. The van der Waals surface area contributed by atoms with Crippen LogP contribution in [0.15, 0.2) is 103 Å². The Labute approximate surface area is 158 Å². The molecule has 5 rings (SSSR count). The van der Waals surface area contributed by atoms with Crippen molar-refractivity contribution in [3.63, 3.8) is 0 Å². The van der Waals surface area contributed by atoms with Crippen LogP contribution < -0.4 is 0 Å². The van der Waals surface area contributed by atoms with E-state index >= 15 is 0 Å². The molecule has 1 N–H and O–H groups in total. The highest BCUT2D eigenvalue weighted by Gasteiger charge is 2.61. The Morgan fingerprint density at radius 1 is 0.741 bits per heavy atom. The first-order valence-electron chi connectivity index (χ1n) is 9.19. The van der Waals surface area contributed by atoms with Gasteiger partial charge in [0.05, 0.1) is 5.92 Å². The second-order valence-electron chi connectivity index (χ2n) is 6.98. The van der Waals surface area contributed by atoms with Gasteiger partial charge in [0.2, 0.25) is 6.29 Å². The number of benzene rings is 3. The van der Waals surface area contributed by atoms with Crippen molar-refractivity contribution in [2.75, 3.05) is 0 Å². The lowest BCUT2D eigenvalue weighted by Crippen LogP contribution is -2.56. The molecule has 3 atom stereocenters. The number of hydrogen-bond donors (Lipinski definition) is 1. The molecular weight excluding hydrogens is 336 g/mol. The fourth-order valence-corrected chi connectivity index (χ4v) is 4.11. The SMILES string of the molecule is O[C@H](C1=C[C@@H]2[C@H](O1)OC2(c1ccccc1)c1ccccc1)c1ccccc1. The summed E-state index contributed by atoms with van der Waals surface area (Å²) in [4.78, 5) is 0. The zero-order valence-corrected chi connectivity index (χ0v) is 14.7. The summed E-state index contributed by atoms with van der Waals surface area (Å²) in [5, 5.41) is 10.7. The van der Waals surface area contributed by atoms with Crippen LogP contribution in [0, 0.1) is 5.92 Å². The number of aliphatic hydroxyl groups excluding tert-OH is 1. The third kappa shape index (κ3) is 2.51. The first-order chi connectivity index (χ1) is 13.3. The Morgan fingerprint density at radius 3 is 1.81 bits per heavy atom. The minimum atomic E-state index is -0.787. The molecule has 1 fully saturated rings. The van der Waals surface area contributed by atoms with Crippen molar-refractivity contribution in [3.05, 3.63) is 120 Å². The molecule has 0 aliphatic carbocycles. The summed E-state index contributed by atoms with van der Waals surface area (Å²) in [5.74, 6) is 0.570. The zero-order chi connectivity index (χ0) is 18.3. The van der Waals surface area contributed by atoms with Gasteiger partial charge < -0.3 is 14.6 Å². The summed E-state index contributed by atoms with van der Waals surface area (Å²) in [6, 6.07) is 30.0. The minimum absolute atomic E-state index is 0.00987. The minimum Gasteiger partial charge on any atom is -0.466 e. The monoisotopic (exact) mass is 356 g/mol. The highest BCUT2D eigenvalue weighted by molar-refractivity contribution is 5.43. The van der Waals surface area contributed by atoms with Crippen LogP contribution in [0.3, 0.4) is 0 Å². The molecule has 2 aliphatic rings. The topological polar surface area (TPSA) is 38.7 Å². The summed E-state index contributed by atoms with van der Waals surface area (Å²) >= 11 is 0. The second kappa shape index (κ2) is 6.38. The molecule has 0 amide bonds. The van der Waals surface area contributed by atoms with E-state index in [1.54, 1.807) is 0 Å². The number of aliphatic hydroxyl groups is 1. The lowest BCUT2D eigenvalue weighted by atomic mass is 9.71. The molecule has 2 heterocycles. The van der Waals surface area contributed by atoms with Crippen LogP contribution in [-0.2, 0) is 15.1 Å². The molecule has 3 aromatic rings. The molecule has 3 nitrogen and oxygen atoms in total. The van der Waals surface area contributed by atoms with Crippen LogP contribution in [-0.4, -0.2) is 11.4 Å². The number of rotatable bonds is 4.